The molecule has 0 radical (unpaired) electrons. The molecule has 0 saturated heterocycles. The Hall–Kier alpha value is -1.14. The van der Waals surface area contributed by atoms with E-state index in [9.17, 15) is 4.79 Å². The van der Waals surface area contributed by atoms with E-state index in [1.165, 1.54) is 11.3 Å². The van der Waals surface area contributed by atoms with Crippen molar-refractivity contribution in [2.24, 2.45) is 5.73 Å². The predicted octanol–water partition coefficient (Wildman–Crippen LogP) is 2.52. The second kappa shape index (κ2) is 9.73. The number of likely N-dealkylation sites (N-methyl/N-ethyl adjacent to an activating group) is 1. The number of benzene rings is 1. The smallest absolute Gasteiger partial charge is 0.239 e. The summed E-state index contributed by atoms with van der Waals surface area (Å²) in [5, 5.41) is 1.94. The van der Waals surface area contributed by atoms with Crippen LogP contribution in [0.5, 0.6) is 0 Å². The number of halogens is 2. The second-order valence-corrected chi connectivity index (χ2v) is 5.19. The van der Waals surface area contributed by atoms with Crippen LogP contribution in [0.3, 0.4) is 0 Å². The molecule has 1 aromatic heterocycles. The van der Waals surface area contributed by atoms with Crippen molar-refractivity contribution < 1.29 is 4.79 Å². The number of carbonyl (C=O) groups is 1. The maximum atomic E-state index is 12.2. The molecule has 0 fully saturated rings. The molecule has 0 bridgehead atoms. The summed E-state index contributed by atoms with van der Waals surface area (Å²) >= 11 is 1.52. The molecule has 1 aromatic carbocycles. The van der Waals surface area contributed by atoms with Gasteiger partial charge in [0.05, 0.1) is 23.8 Å². The van der Waals surface area contributed by atoms with Crippen molar-refractivity contribution in [3.63, 3.8) is 0 Å². The van der Waals surface area contributed by atoms with Gasteiger partial charge in [0, 0.05) is 12.4 Å². The molecule has 116 valence electrons. The fraction of sp³-hybridized carbons (Fsp3) is 0.286. The van der Waals surface area contributed by atoms with Crippen molar-refractivity contribution >= 4 is 42.1 Å². The summed E-state index contributed by atoms with van der Waals surface area (Å²) in [5.41, 5.74) is 9.70. The van der Waals surface area contributed by atoms with Gasteiger partial charge < -0.3 is 10.6 Å². The Kier molecular flexibility index (Phi) is 9.21. The fourth-order valence-electron chi connectivity index (χ4n) is 1.87. The number of hydrogen-bond acceptors (Lipinski definition) is 4. The lowest BCUT2D eigenvalue weighted by Crippen LogP contribution is -2.42. The van der Waals surface area contributed by atoms with Crippen molar-refractivity contribution in [2.45, 2.75) is 19.0 Å². The standard InChI is InChI=1S/C14H17N3OS.2ClH/c1-17(8-12-9-19-10-16-12)14(18)13(15)7-11-5-3-2-4-6-11;;/h2-6,9-10,13H,7-8,15H2,1H3;2*1H/t13-;;/m0../s1. The molecule has 2 N–H and O–H groups in total. The molecule has 2 rings (SSSR count). The van der Waals surface area contributed by atoms with E-state index in [1.807, 2.05) is 35.7 Å². The monoisotopic (exact) mass is 347 g/mol. The average molecular weight is 348 g/mol. The lowest BCUT2D eigenvalue weighted by molar-refractivity contribution is -0.131. The van der Waals surface area contributed by atoms with Crippen LogP contribution < -0.4 is 5.73 Å². The van der Waals surface area contributed by atoms with E-state index in [1.54, 1.807) is 17.5 Å². The third-order valence-electron chi connectivity index (χ3n) is 2.87. The van der Waals surface area contributed by atoms with E-state index in [-0.39, 0.29) is 30.7 Å². The van der Waals surface area contributed by atoms with Gasteiger partial charge in [0.2, 0.25) is 5.91 Å². The lowest BCUT2D eigenvalue weighted by atomic mass is 10.1. The van der Waals surface area contributed by atoms with E-state index in [0.29, 0.717) is 13.0 Å². The Balaban J connectivity index is 0.00000200. The molecule has 0 aliphatic rings. The molecule has 4 nitrogen and oxygen atoms in total. The Labute approximate surface area is 141 Å². The summed E-state index contributed by atoms with van der Waals surface area (Å²) in [5.74, 6) is -0.0585. The van der Waals surface area contributed by atoms with E-state index in [0.717, 1.165) is 11.3 Å². The normalized spacial score (nSPS) is 11.0. The minimum atomic E-state index is -0.508. The second-order valence-electron chi connectivity index (χ2n) is 4.47. The number of nitrogens with zero attached hydrogens (tertiary/aromatic N) is 2. The van der Waals surface area contributed by atoms with Crippen molar-refractivity contribution in [2.75, 3.05) is 7.05 Å². The number of carbonyl (C=O) groups excluding carboxylic acids is 1. The molecular weight excluding hydrogens is 329 g/mol. The Morgan fingerprint density at radius 1 is 1.33 bits per heavy atom. The van der Waals surface area contributed by atoms with Crippen LogP contribution in [0.25, 0.3) is 0 Å². The highest BCUT2D eigenvalue weighted by Gasteiger charge is 2.18. The van der Waals surface area contributed by atoms with Gasteiger partial charge in [-0.2, -0.15) is 0 Å². The Bertz CT molecular complexity index is 522. The van der Waals surface area contributed by atoms with E-state index in [4.69, 9.17) is 5.73 Å². The molecular formula is C14H19Cl2N3OS. The van der Waals surface area contributed by atoms with Gasteiger partial charge in [-0.1, -0.05) is 30.3 Å². The van der Waals surface area contributed by atoms with Crippen LogP contribution in [0.4, 0.5) is 0 Å². The van der Waals surface area contributed by atoms with Gasteiger partial charge in [0.25, 0.3) is 0 Å². The fourth-order valence-corrected chi connectivity index (χ4v) is 2.42. The molecule has 0 unspecified atom stereocenters. The number of amides is 1. The van der Waals surface area contributed by atoms with Crippen molar-refractivity contribution in [3.05, 3.63) is 52.5 Å². The van der Waals surface area contributed by atoms with Crippen molar-refractivity contribution in [3.8, 4) is 0 Å². The number of aromatic nitrogens is 1. The van der Waals surface area contributed by atoms with Gasteiger partial charge in [-0.25, -0.2) is 4.98 Å². The summed E-state index contributed by atoms with van der Waals surface area (Å²) in [6.07, 6.45) is 0.557. The first kappa shape index (κ1) is 19.9. The zero-order valence-electron chi connectivity index (χ0n) is 11.6. The van der Waals surface area contributed by atoms with E-state index < -0.39 is 6.04 Å². The Morgan fingerprint density at radius 2 is 2.00 bits per heavy atom. The average Bonchev–Trinajstić information content (AvgIpc) is 2.91. The lowest BCUT2D eigenvalue weighted by Gasteiger charge is -2.20. The van der Waals surface area contributed by atoms with Crippen LogP contribution in [0.2, 0.25) is 0 Å². The number of hydrogen-bond donors (Lipinski definition) is 1. The summed E-state index contributed by atoms with van der Waals surface area (Å²) in [6.45, 7) is 0.505. The van der Waals surface area contributed by atoms with Crippen LogP contribution in [0, 0.1) is 0 Å². The third-order valence-corrected chi connectivity index (χ3v) is 3.51. The number of thiazole rings is 1. The maximum absolute atomic E-state index is 12.2. The molecule has 1 amide bonds. The van der Waals surface area contributed by atoms with Crippen molar-refractivity contribution in [1.82, 2.24) is 9.88 Å². The first-order valence-corrected chi connectivity index (χ1v) is 7.02. The Morgan fingerprint density at radius 3 is 2.57 bits per heavy atom. The van der Waals surface area contributed by atoms with Gasteiger partial charge in [0.15, 0.2) is 0 Å². The topological polar surface area (TPSA) is 59.2 Å². The van der Waals surface area contributed by atoms with Gasteiger partial charge in [-0.15, -0.1) is 36.2 Å². The summed E-state index contributed by atoms with van der Waals surface area (Å²) in [7, 11) is 1.76. The highest BCUT2D eigenvalue weighted by atomic mass is 35.5. The van der Waals surface area contributed by atoms with Crippen LogP contribution in [-0.2, 0) is 17.8 Å². The molecule has 0 aliphatic carbocycles. The summed E-state index contributed by atoms with van der Waals surface area (Å²) in [6, 6.07) is 9.30. The molecule has 21 heavy (non-hydrogen) atoms. The maximum Gasteiger partial charge on any atom is 0.239 e. The zero-order valence-corrected chi connectivity index (χ0v) is 14.1. The molecule has 1 atom stereocenters. The first-order valence-electron chi connectivity index (χ1n) is 6.08. The molecule has 1 heterocycles. The molecule has 7 heteroatoms. The minimum absolute atomic E-state index is 0. The molecule has 0 saturated carbocycles. The van der Waals surface area contributed by atoms with Crippen LogP contribution in [0.15, 0.2) is 41.2 Å². The quantitative estimate of drug-likeness (QED) is 0.903. The largest absolute Gasteiger partial charge is 0.338 e. The van der Waals surface area contributed by atoms with Crippen LogP contribution >= 0.6 is 36.2 Å². The van der Waals surface area contributed by atoms with E-state index >= 15 is 0 Å². The van der Waals surface area contributed by atoms with Gasteiger partial charge >= 0.3 is 0 Å². The molecule has 0 aliphatic heterocycles. The number of nitrogens with two attached hydrogens (primary N) is 1. The van der Waals surface area contributed by atoms with Gasteiger partial charge in [0.1, 0.15) is 0 Å². The molecule has 2 aromatic rings. The minimum Gasteiger partial charge on any atom is -0.338 e. The van der Waals surface area contributed by atoms with Crippen LogP contribution in [0.1, 0.15) is 11.3 Å². The third kappa shape index (κ3) is 6.01. The highest BCUT2D eigenvalue weighted by molar-refractivity contribution is 7.07. The van der Waals surface area contributed by atoms with Crippen LogP contribution in [-0.4, -0.2) is 28.9 Å². The molecule has 0 spiro atoms. The van der Waals surface area contributed by atoms with E-state index in [2.05, 4.69) is 4.98 Å². The first-order chi connectivity index (χ1) is 9.16. The summed E-state index contributed by atoms with van der Waals surface area (Å²) < 4.78 is 0. The van der Waals surface area contributed by atoms with Gasteiger partial charge in [-0.05, 0) is 12.0 Å². The van der Waals surface area contributed by atoms with Gasteiger partial charge in [-0.3, -0.25) is 4.79 Å². The number of rotatable bonds is 5. The highest BCUT2D eigenvalue weighted by Crippen LogP contribution is 2.07. The summed E-state index contributed by atoms with van der Waals surface area (Å²) in [4.78, 5) is 17.9. The SMILES string of the molecule is CN(Cc1cscn1)C(=O)[C@@H](N)Cc1ccccc1.Cl.Cl. The van der Waals surface area contributed by atoms with Crippen molar-refractivity contribution in [1.29, 1.82) is 0 Å². The predicted molar refractivity (Wildman–Crippen MR) is 91.2 cm³/mol. The zero-order chi connectivity index (χ0) is 13.7.